The summed E-state index contributed by atoms with van der Waals surface area (Å²) in [5.74, 6) is 0. The molecule has 0 bridgehead atoms. The highest BCUT2D eigenvalue weighted by atomic mass is 16.5. The first kappa shape index (κ1) is 11.0. The van der Waals surface area contributed by atoms with Crippen molar-refractivity contribution in [1.29, 1.82) is 0 Å². The molecule has 1 aliphatic heterocycles. The van der Waals surface area contributed by atoms with Crippen molar-refractivity contribution in [3.05, 3.63) is 0 Å². The van der Waals surface area contributed by atoms with Crippen LogP contribution in [0.4, 0.5) is 0 Å². The lowest BCUT2D eigenvalue weighted by molar-refractivity contribution is -0.915. The molecule has 1 heterocycles. The second-order valence-corrected chi connectivity index (χ2v) is 4.22. The zero-order valence-corrected chi connectivity index (χ0v) is 8.83. The van der Waals surface area contributed by atoms with Crippen LogP contribution in [0.1, 0.15) is 19.8 Å². The van der Waals surface area contributed by atoms with Gasteiger partial charge in [-0.2, -0.15) is 0 Å². The molecule has 3 nitrogen and oxygen atoms in total. The SMILES string of the molecule is CCOCC[N+]1(C)CCC(O)CC1. The molecule has 0 aromatic heterocycles. The van der Waals surface area contributed by atoms with E-state index >= 15 is 0 Å². The Morgan fingerprint density at radius 2 is 2.00 bits per heavy atom. The van der Waals surface area contributed by atoms with Gasteiger partial charge in [0.2, 0.25) is 0 Å². The molecule has 0 aromatic carbocycles. The Labute approximate surface area is 80.9 Å². The predicted molar refractivity (Wildman–Crippen MR) is 52.5 cm³/mol. The minimum Gasteiger partial charge on any atom is -0.393 e. The van der Waals surface area contributed by atoms with E-state index in [-0.39, 0.29) is 6.10 Å². The second-order valence-electron chi connectivity index (χ2n) is 4.22. The number of hydrogen-bond acceptors (Lipinski definition) is 2. The van der Waals surface area contributed by atoms with Gasteiger partial charge in [-0.15, -0.1) is 0 Å². The first-order valence-corrected chi connectivity index (χ1v) is 5.26. The molecule has 1 aliphatic rings. The van der Waals surface area contributed by atoms with Crippen molar-refractivity contribution in [3.8, 4) is 0 Å². The maximum Gasteiger partial charge on any atom is 0.102 e. The third-order valence-corrected chi connectivity index (χ3v) is 2.98. The number of likely N-dealkylation sites (tertiary alicyclic amines) is 1. The maximum atomic E-state index is 9.37. The lowest BCUT2D eigenvalue weighted by atomic mass is 10.1. The molecule has 3 heteroatoms. The quantitative estimate of drug-likeness (QED) is 0.518. The van der Waals surface area contributed by atoms with Gasteiger partial charge in [0, 0.05) is 19.4 Å². The predicted octanol–water partition coefficient (Wildman–Crippen LogP) is 0.624. The number of rotatable bonds is 4. The molecule has 78 valence electrons. The number of aliphatic hydroxyl groups is 1. The number of ether oxygens (including phenoxy) is 1. The fraction of sp³-hybridized carbons (Fsp3) is 1.00. The molecule has 0 amide bonds. The summed E-state index contributed by atoms with van der Waals surface area (Å²) in [5, 5.41) is 9.37. The summed E-state index contributed by atoms with van der Waals surface area (Å²) in [4.78, 5) is 0. The Morgan fingerprint density at radius 1 is 1.38 bits per heavy atom. The number of piperidine rings is 1. The molecule has 0 aliphatic carbocycles. The van der Waals surface area contributed by atoms with Gasteiger partial charge >= 0.3 is 0 Å². The molecule has 0 aromatic rings. The van der Waals surface area contributed by atoms with E-state index < -0.39 is 0 Å². The topological polar surface area (TPSA) is 29.5 Å². The van der Waals surface area contributed by atoms with Gasteiger partial charge in [-0.25, -0.2) is 0 Å². The van der Waals surface area contributed by atoms with Crippen molar-refractivity contribution in [2.24, 2.45) is 0 Å². The van der Waals surface area contributed by atoms with Gasteiger partial charge in [-0.1, -0.05) is 0 Å². The highest BCUT2D eigenvalue weighted by Gasteiger charge is 2.28. The van der Waals surface area contributed by atoms with Gasteiger partial charge in [-0.05, 0) is 6.92 Å². The second kappa shape index (κ2) is 4.94. The van der Waals surface area contributed by atoms with Crippen molar-refractivity contribution in [3.63, 3.8) is 0 Å². The highest BCUT2D eigenvalue weighted by Crippen LogP contribution is 2.16. The van der Waals surface area contributed by atoms with E-state index in [4.69, 9.17) is 4.74 Å². The van der Waals surface area contributed by atoms with Crippen LogP contribution in [0.15, 0.2) is 0 Å². The summed E-state index contributed by atoms with van der Waals surface area (Å²) in [5.41, 5.74) is 0. The van der Waals surface area contributed by atoms with Crippen LogP contribution in [0.3, 0.4) is 0 Å². The van der Waals surface area contributed by atoms with Crippen molar-refractivity contribution in [2.75, 3.05) is 39.9 Å². The average Bonchev–Trinajstić information content (AvgIpc) is 2.12. The molecule has 1 rings (SSSR count). The van der Waals surface area contributed by atoms with Crippen molar-refractivity contribution < 1.29 is 14.3 Å². The third-order valence-electron chi connectivity index (χ3n) is 2.98. The van der Waals surface area contributed by atoms with E-state index in [2.05, 4.69) is 7.05 Å². The fourth-order valence-electron chi connectivity index (χ4n) is 1.83. The molecule has 1 saturated heterocycles. The summed E-state index contributed by atoms with van der Waals surface area (Å²) in [6.45, 7) is 6.95. The van der Waals surface area contributed by atoms with E-state index in [9.17, 15) is 5.11 Å². The van der Waals surface area contributed by atoms with Crippen LogP contribution in [-0.2, 0) is 4.74 Å². The zero-order valence-electron chi connectivity index (χ0n) is 8.83. The molecule has 0 spiro atoms. The molecule has 0 radical (unpaired) electrons. The standard InChI is InChI=1S/C10H22NO2/c1-3-13-9-8-11(2)6-4-10(12)5-7-11/h10,12H,3-9H2,1-2H3/q+1. The number of quaternary nitrogens is 1. The van der Waals surface area contributed by atoms with Crippen LogP contribution in [0.25, 0.3) is 0 Å². The molecule has 13 heavy (non-hydrogen) atoms. The van der Waals surface area contributed by atoms with Gasteiger partial charge in [0.1, 0.15) is 6.54 Å². The molecule has 1 fully saturated rings. The van der Waals surface area contributed by atoms with Gasteiger partial charge in [0.05, 0.1) is 32.8 Å². The van der Waals surface area contributed by atoms with Gasteiger partial charge in [0.15, 0.2) is 0 Å². The average molecular weight is 188 g/mol. The largest absolute Gasteiger partial charge is 0.393 e. The van der Waals surface area contributed by atoms with Crippen LogP contribution >= 0.6 is 0 Å². The molecule has 0 unspecified atom stereocenters. The van der Waals surface area contributed by atoms with Crippen LogP contribution in [0.5, 0.6) is 0 Å². The summed E-state index contributed by atoms with van der Waals surface area (Å²) in [7, 11) is 2.25. The van der Waals surface area contributed by atoms with Crippen molar-refractivity contribution >= 4 is 0 Å². The van der Waals surface area contributed by atoms with E-state index in [0.29, 0.717) is 0 Å². The maximum absolute atomic E-state index is 9.37. The van der Waals surface area contributed by atoms with Crippen LogP contribution in [-0.4, -0.2) is 55.6 Å². The van der Waals surface area contributed by atoms with E-state index in [1.165, 1.54) is 0 Å². The first-order valence-electron chi connectivity index (χ1n) is 5.26. The summed E-state index contributed by atoms with van der Waals surface area (Å²) in [6, 6.07) is 0. The Bertz CT molecular complexity index is 142. The Balaban J connectivity index is 2.22. The summed E-state index contributed by atoms with van der Waals surface area (Å²) < 4.78 is 6.42. The van der Waals surface area contributed by atoms with Gasteiger partial charge in [-0.3, -0.25) is 0 Å². The highest BCUT2D eigenvalue weighted by molar-refractivity contribution is 4.61. The summed E-state index contributed by atoms with van der Waals surface area (Å²) >= 11 is 0. The van der Waals surface area contributed by atoms with E-state index in [1.54, 1.807) is 0 Å². The van der Waals surface area contributed by atoms with E-state index in [0.717, 1.165) is 50.2 Å². The minimum atomic E-state index is -0.0571. The van der Waals surface area contributed by atoms with E-state index in [1.807, 2.05) is 6.92 Å². The molecular formula is C10H22NO2+. The first-order chi connectivity index (χ1) is 6.16. The Morgan fingerprint density at radius 3 is 2.54 bits per heavy atom. The number of nitrogens with zero attached hydrogens (tertiary/aromatic N) is 1. The van der Waals surface area contributed by atoms with Gasteiger partial charge in [0.25, 0.3) is 0 Å². The summed E-state index contributed by atoms with van der Waals surface area (Å²) in [6.07, 6.45) is 1.84. The molecule has 1 N–H and O–H groups in total. The lowest BCUT2D eigenvalue weighted by Crippen LogP contribution is -2.52. The molecule has 0 atom stereocenters. The normalized spacial score (nSPS) is 34.8. The lowest BCUT2D eigenvalue weighted by Gasteiger charge is -2.39. The van der Waals surface area contributed by atoms with Crippen molar-refractivity contribution in [1.82, 2.24) is 0 Å². The monoisotopic (exact) mass is 188 g/mol. The smallest absolute Gasteiger partial charge is 0.102 e. The van der Waals surface area contributed by atoms with Crippen LogP contribution < -0.4 is 0 Å². The van der Waals surface area contributed by atoms with Crippen LogP contribution in [0, 0.1) is 0 Å². The Kier molecular flexibility index (Phi) is 4.16. The number of aliphatic hydroxyl groups excluding tert-OH is 1. The molecular weight excluding hydrogens is 166 g/mol. The molecule has 0 saturated carbocycles. The Hall–Kier alpha value is -0.120. The van der Waals surface area contributed by atoms with Crippen LogP contribution in [0.2, 0.25) is 0 Å². The fourth-order valence-corrected chi connectivity index (χ4v) is 1.83. The minimum absolute atomic E-state index is 0.0571. The van der Waals surface area contributed by atoms with Gasteiger partial charge < -0.3 is 14.3 Å². The third kappa shape index (κ3) is 3.63. The van der Waals surface area contributed by atoms with Crippen molar-refractivity contribution in [2.45, 2.75) is 25.9 Å². The number of hydrogen-bond donors (Lipinski definition) is 1. The number of likely N-dealkylation sites (N-methyl/N-ethyl adjacent to an activating group) is 1. The zero-order chi connectivity index (χ0) is 9.73.